The maximum atomic E-state index is 11.9. The number of methoxy groups -OCH3 is 1. The predicted molar refractivity (Wildman–Crippen MR) is 74.4 cm³/mol. The molecule has 1 aromatic carbocycles. The van der Waals surface area contributed by atoms with E-state index in [4.69, 9.17) is 4.74 Å². The Morgan fingerprint density at radius 3 is 2.89 bits per heavy atom. The molecule has 19 heavy (non-hydrogen) atoms. The third kappa shape index (κ3) is 2.81. The van der Waals surface area contributed by atoms with E-state index < -0.39 is 11.4 Å². The normalized spacial score (nSPS) is 21.9. The summed E-state index contributed by atoms with van der Waals surface area (Å²) in [5, 5.41) is 9.76. The third-order valence-corrected chi connectivity index (χ3v) is 4.19. The minimum Gasteiger partial charge on any atom is -0.481 e. The van der Waals surface area contributed by atoms with E-state index in [1.807, 2.05) is 18.2 Å². The van der Waals surface area contributed by atoms with Crippen molar-refractivity contribution in [3.8, 4) is 0 Å². The minimum absolute atomic E-state index is 0.669. The summed E-state index contributed by atoms with van der Waals surface area (Å²) >= 11 is 0. The van der Waals surface area contributed by atoms with Crippen LogP contribution in [0.15, 0.2) is 24.3 Å². The molecular formula is C16H22O3. The Bertz CT molecular complexity index is 441. The van der Waals surface area contributed by atoms with Crippen LogP contribution in [0.1, 0.15) is 43.2 Å². The lowest BCUT2D eigenvalue weighted by atomic mass is 9.67. The summed E-state index contributed by atoms with van der Waals surface area (Å²) in [4.78, 5) is 11.9. The van der Waals surface area contributed by atoms with Crippen LogP contribution < -0.4 is 0 Å². The Labute approximate surface area is 114 Å². The first-order valence-electron chi connectivity index (χ1n) is 7.01. The van der Waals surface area contributed by atoms with Crippen LogP contribution in [-0.4, -0.2) is 24.8 Å². The average molecular weight is 262 g/mol. The minimum atomic E-state index is -0.678. The summed E-state index contributed by atoms with van der Waals surface area (Å²) in [6.07, 6.45) is 5.26. The van der Waals surface area contributed by atoms with Gasteiger partial charge >= 0.3 is 5.97 Å². The number of hydrogen-bond acceptors (Lipinski definition) is 2. The van der Waals surface area contributed by atoms with Gasteiger partial charge in [-0.05, 0) is 49.7 Å². The first kappa shape index (κ1) is 14.1. The molecule has 0 aliphatic heterocycles. The van der Waals surface area contributed by atoms with Crippen molar-refractivity contribution in [2.24, 2.45) is 0 Å². The number of fused-ring (bicyclic) bond motifs is 1. The molecule has 2 rings (SSSR count). The second-order valence-electron chi connectivity index (χ2n) is 5.35. The summed E-state index contributed by atoms with van der Waals surface area (Å²) in [6.45, 7) is 0.706. The Kier molecular flexibility index (Phi) is 4.59. The molecule has 0 amide bonds. The highest BCUT2D eigenvalue weighted by Crippen LogP contribution is 2.41. The highest BCUT2D eigenvalue weighted by atomic mass is 16.5. The van der Waals surface area contributed by atoms with Gasteiger partial charge in [-0.1, -0.05) is 24.3 Å². The molecule has 1 N–H and O–H groups in total. The molecule has 1 aliphatic carbocycles. The highest BCUT2D eigenvalue weighted by Gasteiger charge is 2.42. The monoisotopic (exact) mass is 262 g/mol. The van der Waals surface area contributed by atoms with Crippen molar-refractivity contribution in [2.45, 2.75) is 43.9 Å². The Hall–Kier alpha value is -1.35. The van der Waals surface area contributed by atoms with Crippen molar-refractivity contribution in [2.75, 3.05) is 13.7 Å². The van der Waals surface area contributed by atoms with E-state index in [1.165, 1.54) is 5.56 Å². The van der Waals surface area contributed by atoms with Gasteiger partial charge in [0.2, 0.25) is 0 Å². The molecule has 104 valence electrons. The van der Waals surface area contributed by atoms with Gasteiger partial charge in [-0.2, -0.15) is 0 Å². The maximum Gasteiger partial charge on any atom is 0.314 e. The predicted octanol–water partition coefficient (Wildman–Crippen LogP) is 3.16. The molecule has 0 saturated heterocycles. The molecule has 0 aromatic heterocycles. The zero-order valence-corrected chi connectivity index (χ0v) is 11.5. The smallest absolute Gasteiger partial charge is 0.314 e. The fourth-order valence-corrected chi connectivity index (χ4v) is 3.18. The van der Waals surface area contributed by atoms with E-state index in [1.54, 1.807) is 7.11 Å². The van der Waals surface area contributed by atoms with E-state index >= 15 is 0 Å². The van der Waals surface area contributed by atoms with Crippen molar-refractivity contribution in [1.82, 2.24) is 0 Å². The fourth-order valence-electron chi connectivity index (χ4n) is 3.18. The summed E-state index contributed by atoms with van der Waals surface area (Å²) in [7, 11) is 1.68. The van der Waals surface area contributed by atoms with Crippen LogP contribution in [0.25, 0.3) is 0 Å². The van der Waals surface area contributed by atoms with Gasteiger partial charge in [0, 0.05) is 13.7 Å². The second kappa shape index (κ2) is 6.20. The molecule has 0 fully saturated rings. The topological polar surface area (TPSA) is 46.5 Å². The molecule has 1 unspecified atom stereocenters. The SMILES string of the molecule is COCCCCC1(C(=O)O)CCCc2ccccc21. The standard InChI is InChI=1S/C16H22O3/c1-19-12-5-4-10-16(15(17)18)11-6-8-13-7-2-3-9-14(13)16/h2-3,7,9H,4-6,8,10-12H2,1H3,(H,17,18). The molecule has 3 nitrogen and oxygen atoms in total. The lowest BCUT2D eigenvalue weighted by molar-refractivity contribution is -0.145. The molecule has 0 spiro atoms. The first-order chi connectivity index (χ1) is 9.20. The van der Waals surface area contributed by atoms with Crippen LogP contribution in [0.3, 0.4) is 0 Å². The average Bonchev–Trinajstić information content (AvgIpc) is 2.43. The van der Waals surface area contributed by atoms with Gasteiger partial charge in [0.15, 0.2) is 0 Å². The summed E-state index contributed by atoms with van der Waals surface area (Å²) < 4.78 is 5.05. The number of aryl methyl sites for hydroxylation is 1. The van der Waals surface area contributed by atoms with Crippen LogP contribution in [0, 0.1) is 0 Å². The van der Waals surface area contributed by atoms with Crippen molar-refractivity contribution < 1.29 is 14.6 Å². The molecule has 1 aliphatic rings. The maximum absolute atomic E-state index is 11.9. The first-order valence-corrected chi connectivity index (χ1v) is 7.01. The van der Waals surface area contributed by atoms with Crippen LogP contribution >= 0.6 is 0 Å². The van der Waals surface area contributed by atoms with Crippen molar-refractivity contribution in [1.29, 1.82) is 0 Å². The van der Waals surface area contributed by atoms with Crippen LogP contribution in [-0.2, 0) is 21.4 Å². The number of carbonyl (C=O) groups is 1. The van der Waals surface area contributed by atoms with Gasteiger partial charge in [0.05, 0.1) is 5.41 Å². The number of hydrogen-bond donors (Lipinski definition) is 1. The zero-order valence-electron chi connectivity index (χ0n) is 11.5. The van der Waals surface area contributed by atoms with E-state index in [0.717, 1.165) is 37.7 Å². The summed E-state index contributed by atoms with van der Waals surface area (Å²) in [5.41, 5.74) is 1.57. The molecule has 3 heteroatoms. The van der Waals surface area contributed by atoms with Gasteiger partial charge in [-0.15, -0.1) is 0 Å². The van der Waals surface area contributed by atoms with E-state index in [-0.39, 0.29) is 0 Å². The van der Waals surface area contributed by atoms with Gasteiger partial charge in [0.1, 0.15) is 0 Å². The Balaban J connectivity index is 2.23. The Morgan fingerprint density at radius 1 is 1.37 bits per heavy atom. The molecule has 0 heterocycles. The molecular weight excluding hydrogens is 240 g/mol. The summed E-state index contributed by atoms with van der Waals surface area (Å²) in [6, 6.07) is 8.03. The van der Waals surface area contributed by atoms with Gasteiger partial charge < -0.3 is 9.84 Å². The number of ether oxygens (including phenoxy) is 1. The molecule has 1 aromatic rings. The number of aliphatic carboxylic acids is 1. The molecule has 1 atom stereocenters. The Morgan fingerprint density at radius 2 is 2.16 bits per heavy atom. The number of carboxylic acids is 1. The lowest BCUT2D eigenvalue weighted by Crippen LogP contribution is -2.39. The summed E-state index contributed by atoms with van der Waals surface area (Å²) in [5.74, 6) is -0.669. The number of rotatable bonds is 6. The number of carboxylic acid groups (broad SMARTS) is 1. The van der Waals surface area contributed by atoms with Gasteiger partial charge in [-0.25, -0.2) is 0 Å². The van der Waals surface area contributed by atoms with Gasteiger partial charge in [0.25, 0.3) is 0 Å². The molecule has 0 radical (unpaired) electrons. The molecule has 0 bridgehead atoms. The van der Waals surface area contributed by atoms with Crippen LogP contribution in [0.5, 0.6) is 0 Å². The number of unbranched alkanes of at least 4 members (excludes halogenated alkanes) is 1. The third-order valence-electron chi connectivity index (χ3n) is 4.19. The highest BCUT2D eigenvalue weighted by molar-refractivity contribution is 5.82. The van der Waals surface area contributed by atoms with Gasteiger partial charge in [-0.3, -0.25) is 4.79 Å². The largest absolute Gasteiger partial charge is 0.481 e. The van der Waals surface area contributed by atoms with E-state index in [9.17, 15) is 9.90 Å². The van der Waals surface area contributed by atoms with E-state index in [0.29, 0.717) is 13.0 Å². The number of benzene rings is 1. The van der Waals surface area contributed by atoms with Crippen molar-refractivity contribution >= 4 is 5.97 Å². The second-order valence-corrected chi connectivity index (χ2v) is 5.35. The van der Waals surface area contributed by atoms with E-state index in [2.05, 4.69) is 6.07 Å². The fraction of sp³-hybridized carbons (Fsp3) is 0.562. The zero-order chi connectivity index (χ0) is 13.7. The molecule has 0 saturated carbocycles. The quantitative estimate of drug-likeness (QED) is 0.801. The van der Waals surface area contributed by atoms with Crippen molar-refractivity contribution in [3.63, 3.8) is 0 Å². The van der Waals surface area contributed by atoms with Crippen LogP contribution in [0.4, 0.5) is 0 Å². The van der Waals surface area contributed by atoms with Crippen molar-refractivity contribution in [3.05, 3.63) is 35.4 Å². The van der Waals surface area contributed by atoms with Crippen LogP contribution in [0.2, 0.25) is 0 Å². The lowest BCUT2D eigenvalue weighted by Gasteiger charge is -2.35.